The molecule has 0 aliphatic carbocycles. The van der Waals surface area contributed by atoms with Gasteiger partial charge in [-0.25, -0.2) is 4.39 Å². The zero-order valence-corrected chi connectivity index (χ0v) is 16.0. The first-order chi connectivity index (χ1) is 11.9. The number of rotatable bonds is 6. The standard InChI is InChI=1S/C20H32FN3O/c1-5-22(4)20(25)15-23-11-6-12-24(19(14-23)16(2)3)13-17-7-9-18(21)10-8-17/h7-10,16,19H,5-6,11-15H2,1-4H3/t19-/m0/s1. The molecule has 25 heavy (non-hydrogen) atoms. The lowest BCUT2D eigenvalue weighted by atomic mass is 10.0. The van der Waals surface area contributed by atoms with Crippen LogP contribution in [0.15, 0.2) is 24.3 Å². The van der Waals surface area contributed by atoms with Crippen molar-refractivity contribution in [2.45, 2.75) is 39.8 Å². The Morgan fingerprint density at radius 1 is 1.28 bits per heavy atom. The molecule has 0 aromatic heterocycles. The predicted octanol–water partition coefficient (Wildman–Crippen LogP) is 2.84. The van der Waals surface area contributed by atoms with E-state index >= 15 is 0 Å². The van der Waals surface area contributed by atoms with Crippen molar-refractivity contribution in [2.24, 2.45) is 5.92 Å². The fraction of sp³-hybridized carbons (Fsp3) is 0.650. The monoisotopic (exact) mass is 349 g/mol. The molecule has 1 aromatic carbocycles. The average molecular weight is 349 g/mol. The predicted molar refractivity (Wildman–Crippen MR) is 99.8 cm³/mol. The quantitative estimate of drug-likeness (QED) is 0.790. The second-order valence-corrected chi connectivity index (χ2v) is 7.40. The molecule has 1 fully saturated rings. The van der Waals surface area contributed by atoms with Crippen LogP contribution < -0.4 is 0 Å². The van der Waals surface area contributed by atoms with Crippen LogP contribution in [0.2, 0.25) is 0 Å². The molecule has 1 atom stereocenters. The van der Waals surface area contributed by atoms with E-state index in [4.69, 9.17) is 0 Å². The number of carbonyl (C=O) groups is 1. The van der Waals surface area contributed by atoms with Crippen molar-refractivity contribution >= 4 is 5.91 Å². The largest absolute Gasteiger partial charge is 0.345 e. The van der Waals surface area contributed by atoms with Gasteiger partial charge in [0.25, 0.3) is 0 Å². The third kappa shape index (κ3) is 5.79. The summed E-state index contributed by atoms with van der Waals surface area (Å²) in [5, 5.41) is 0. The van der Waals surface area contributed by atoms with E-state index in [-0.39, 0.29) is 11.7 Å². The summed E-state index contributed by atoms with van der Waals surface area (Å²) in [5.74, 6) is 0.502. The van der Waals surface area contributed by atoms with E-state index in [1.165, 1.54) is 12.1 Å². The summed E-state index contributed by atoms with van der Waals surface area (Å²) in [7, 11) is 1.86. The van der Waals surface area contributed by atoms with E-state index in [0.717, 1.165) is 44.7 Å². The highest BCUT2D eigenvalue weighted by Gasteiger charge is 2.28. The van der Waals surface area contributed by atoms with Crippen molar-refractivity contribution in [1.29, 1.82) is 0 Å². The first-order valence-electron chi connectivity index (χ1n) is 9.35. The summed E-state index contributed by atoms with van der Waals surface area (Å²) < 4.78 is 13.1. The van der Waals surface area contributed by atoms with E-state index in [1.807, 2.05) is 26.1 Å². The number of benzene rings is 1. The first kappa shape index (κ1) is 19.9. The molecule has 0 bridgehead atoms. The maximum atomic E-state index is 13.1. The average Bonchev–Trinajstić information content (AvgIpc) is 2.78. The van der Waals surface area contributed by atoms with Gasteiger partial charge >= 0.3 is 0 Å². The highest BCUT2D eigenvalue weighted by molar-refractivity contribution is 5.77. The number of halogens is 1. The van der Waals surface area contributed by atoms with Gasteiger partial charge in [0.2, 0.25) is 5.91 Å². The Kier molecular flexibility index (Phi) is 7.38. The number of hydrogen-bond donors (Lipinski definition) is 0. The molecule has 1 aliphatic rings. The van der Waals surface area contributed by atoms with Crippen LogP contribution in [0.3, 0.4) is 0 Å². The minimum atomic E-state index is -0.190. The van der Waals surface area contributed by atoms with Gasteiger partial charge in [-0.2, -0.15) is 0 Å². The van der Waals surface area contributed by atoms with E-state index in [2.05, 4.69) is 23.6 Å². The van der Waals surface area contributed by atoms with Gasteiger partial charge in [0, 0.05) is 39.3 Å². The van der Waals surface area contributed by atoms with E-state index in [1.54, 1.807) is 4.90 Å². The second-order valence-electron chi connectivity index (χ2n) is 7.40. The van der Waals surface area contributed by atoms with Gasteiger partial charge < -0.3 is 4.90 Å². The molecule has 1 amide bonds. The van der Waals surface area contributed by atoms with Crippen molar-refractivity contribution in [3.63, 3.8) is 0 Å². The fourth-order valence-electron chi connectivity index (χ4n) is 3.42. The van der Waals surface area contributed by atoms with Crippen molar-refractivity contribution < 1.29 is 9.18 Å². The van der Waals surface area contributed by atoms with Crippen molar-refractivity contribution in [2.75, 3.05) is 39.8 Å². The topological polar surface area (TPSA) is 26.8 Å². The molecule has 1 aromatic rings. The van der Waals surface area contributed by atoms with Gasteiger partial charge in [-0.1, -0.05) is 26.0 Å². The third-order valence-corrected chi connectivity index (χ3v) is 5.16. The van der Waals surface area contributed by atoms with Crippen LogP contribution in [-0.2, 0) is 11.3 Å². The minimum absolute atomic E-state index is 0.190. The SMILES string of the molecule is CCN(C)C(=O)CN1CCCN(Cc2ccc(F)cc2)[C@H](C(C)C)C1. The maximum Gasteiger partial charge on any atom is 0.236 e. The molecule has 0 saturated carbocycles. The summed E-state index contributed by atoms with van der Waals surface area (Å²) in [6, 6.07) is 7.20. The molecule has 140 valence electrons. The van der Waals surface area contributed by atoms with Gasteiger partial charge in [-0.15, -0.1) is 0 Å². The minimum Gasteiger partial charge on any atom is -0.345 e. The van der Waals surface area contributed by atoms with Crippen LogP contribution >= 0.6 is 0 Å². The molecule has 1 saturated heterocycles. The zero-order chi connectivity index (χ0) is 18.4. The smallest absolute Gasteiger partial charge is 0.236 e. The van der Waals surface area contributed by atoms with Crippen molar-refractivity contribution in [3.05, 3.63) is 35.6 Å². The fourth-order valence-corrected chi connectivity index (χ4v) is 3.42. The van der Waals surface area contributed by atoms with E-state index in [9.17, 15) is 9.18 Å². The lowest BCUT2D eigenvalue weighted by Crippen LogP contribution is -2.46. The van der Waals surface area contributed by atoms with Crippen molar-refractivity contribution in [3.8, 4) is 0 Å². The van der Waals surface area contributed by atoms with Gasteiger partial charge in [0.05, 0.1) is 6.54 Å². The Balaban J connectivity index is 2.04. The molecule has 1 heterocycles. The number of carbonyl (C=O) groups excluding carboxylic acids is 1. The lowest BCUT2D eigenvalue weighted by Gasteiger charge is -2.34. The molecule has 2 rings (SSSR count). The van der Waals surface area contributed by atoms with Crippen LogP contribution in [0.1, 0.15) is 32.8 Å². The maximum absolute atomic E-state index is 13.1. The van der Waals surface area contributed by atoms with Gasteiger partial charge in [0.15, 0.2) is 0 Å². The molecule has 0 unspecified atom stereocenters. The Bertz CT molecular complexity index is 546. The molecule has 0 radical (unpaired) electrons. The summed E-state index contributed by atoms with van der Waals surface area (Å²) in [4.78, 5) is 18.8. The third-order valence-electron chi connectivity index (χ3n) is 5.16. The Morgan fingerprint density at radius 3 is 2.56 bits per heavy atom. The van der Waals surface area contributed by atoms with Crippen LogP contribution in [0.4, 0.5) is 4.39 Å². The van der Waals surface area contributed by atoms with Crippen LogP contribution in [0.25, 0.3) is 0 Å². The second kappa shape index (κ2) is 9.30. The molecule has 5 heteroatoms. The number of likely N-dealkylation sites (N-methyl/N-ethyl adjacent to an activating group) is 1. The zero-order valence-electron chi connectivity index (χ0n) is 16.0. The van der Waals surface area contributed by atoms with Crippen LogP contribution in [0.5, 0.6) is 0 Å². The van der Waals surface area contributed by atoms with Gasteiger partial charge in [-0.3, -0.25) is 14.6 Å². The van der Waals surface area contributed by atoms with Gasteiger partial charge in [-0.05, 0) is 43.5 Å². The molecular weight excluding hydrogens is 317 g/mol. The Hall–Kier alpha value is -1.46. The molecule has 0 spiro atoms. The molecule has 4 nitrogen and oxygen atoms in total. The highest BCUT2D eigenvalue weighted by atomic mass is 19.1. The van der Waals surface area contributed by atoms with Crippen LogP contribution in [0, 0.1) is 11.7 Å². The summed E-state index contributed by atoms with van der Waals surface area (Å²) >= 11 is 0. The number of amides is 1. The van der Waals surface area contributed by atoms with Crippen LogP contribution in [-0.4, -0.2) is 66.4 Å². The molecular formula is C20H32FN3O. The first-order valence-corrected chi connectivity index (χ1v) is 9.35. The Morgan fingerprint density at radius 2 is 1.96 bits per heavy atom. The number of nitrogens with zero attached hydrogens (tertiary/aromatic N) is 3. The summed E-state index contributed by atoms with van der Waals surface area (Å²) in [5.41, 5.74) is 1.14. The molecule has 1 aliphatic heterocycles. The Labute approximate surface area is 151 Å². The van der Waals surface area contributed by atoms with E-state index < -0.39 is 0 Å². The normalized spacial score (nSPS) is 19.8. The highest BCUT2D eigenvalue weighted by Crippen LogP contribution is 2.20. The summed E-state index contributed by atoms with van der Waals surface area (Å²) in [6.45, 7) is 11.4. The number of hydrogen-bond acceptors (Lipinski definition) is 3. The van der Waals surface area contributed by atoms with Gasteiger partial charge in [0.1, 0.15) is 5.82 Å². The lowest BCUT2D eigenvalue weighted by molar-refractivity contribution is -0.131. The molecule has 0 N–H and O–H groups in total. The van der Waals surface area contributed by atoms with Crippen molar-refractivity contribution in [1.82, 2.24) is 14.7 Å². The summed E-state index contributed by atoms with van der Waals surface area (Å²) in [6.07, 6.45) is 1.05. The van der Waals surface area contributed by atoms with E-state index in [0.29, 0.717) is 18.5 Å².